The number of rotatable bonds is 2. The maximum absolute atomic E-state index is 12.3. The van der Waals surface area contributed by atoms with Gasteiger partial charge in [0, 0.05) is 0 Å². The number of halogens is 3. The van der Waals surface area contributed by atoms with Gasteiger partial charge >= 0.3 is 12.3 Å². The zero-order valence-electron chi connectivity index (χ0n) is 10.8. The van der Waals surface area contributed by atoms with Crippen LogP contribution in [0.25, 0.3) is 0 Å². The third-order valence-electron chi connectivity index (χ3n) is 1.79. The Bertz CT molecular complexity index is 454. The van der Waals surface area contributed by atoms with E-state index in [0.717, 1.165) is 0 Å². The van der Waals surface area contributed by atoms with Crippen LogP contribution in [0.5, 0.6) is 0 Å². The summed E-state index contributed by atoms with van der Waals surface area (Å²) < 4.78 is 42.0. The van der Waals surface area contributed by atoms with Crippen molar-refractivity contribution in [2.75, 3.05) is 0 Å². The number of hydrogen-bond donors (Lipinski definition) is 1. The van der Waals surface area contributed by atoms with Crippen LogP contribution in [0.3, 0.4) is 0 Å². The molecule has 1 heterocycles. The molecule has 0 unspecified atom stereocenters. The van der Waals surface area contributed by atoms with Crippen molar-refractivity contribution in [2.45, 2.75) is 45.5 Å². The third kappa shape index (κ3) is 5.01. The van der Waals surface area contributed by atoms with Crippen LogP contribution in [0.1, 0.15) is 43.8 Å². The molecule has 0 aliphatic heterocycles. The van der Waals surface area contributed by atoms with Gasteiger partial charge in [-0.2, -0.15) is 13.2 Å². The number of carbonyl (C=O) groups excluding carboxylic acids is 1. The molecule has 0 saturated heterocycles. The minimum atomic E-state index is -4.53. The van der Waals surface area contributed by atoms with Gasteiger partial charge in [0.2, 0.25) is 5.01 Å². The summed E-state index contributed by atoms with van der Waals surface area (Å²) in [5, 5.41) is 7.88. The molecule has 5 nitrogen and oxygen atoms in total. The van der Waals surface area contributed by atoms with Crippen LogP contribution in [0.15, 0.2) is 0 Å². The zero-order chi connectivity index (χ0) is 14.8. The highest BCUT2D eigenvalue weighted by atomic mass is 32.1. The first-order chi connectivity index (χ1) is 8.49. The van der Waals surface area contributed by atoms with E-state index in [1.807, 2.05) is 0 Å². The number of ether oxygens (including phenoxy) is 1. The molecule has 1 aromatic heterocycles. The van der Waals surface area contributed by atoms with Crippen molar-refractivity contribution in [3.63, 3.8) is 0 Å². The second-order valence-electron chi connectivity index (χ2n) is 4.81. The lowest BCUT2D eigenvalue weighted by molar-refractivity contribution is -0.138. The molecule has 1 atom stereocenters. The van der Waals surface area contributed by atoms with Gasteiger partial charge in [-0.3, -0.25) is 0 Å². The summed E-state index contributed by atoms with van der Waals surface area (Å²) in [5.74, 6) is 0. The Morgan fingerprint density at radius 3 is 2.32 bits per heavy atom. The summed E-state index contributed by atoms with van der Waals surface area (Å²) in [6.45, 7) is 6.56. The first-order valence-electron chi connectivity index (χ1n) is 5.39. The smallest absolute Gasteiger partial charge is 0.444 e. The van der Waals surface area contributed by atoms with E-state index in [9.17, 15) is 18.0 Å². The van der Waals surface area contributed by atoms with Gasteiger partial charge in [0.25, 0.3) is 0 Å². The molecule has 1 aromatic rings. The van der Waals surface area contributed by atoms with Crippen LogP contribution in [0.2, 0.25) is 0 Å². The van der Waals surface area contributed by atoms with Crippen LogP contribution in [-0.2, 0) is 10.9 Å². The monoisotopic (exact) mass is 297 g/mol. The third-order valence-corrected chi connectivity index (χ3v) is 2.94. The van der Waals surface area contributed by atoms with Gasteiger partial charge in [-0.05, 0) is 27.7 Å². The SMILES string of the molecule is C[C@@H](NC(=O)OC(C)(C)C)c1nnc(C(F)(F)F)s1. The fourth-order valence-corrected chi connectivity index (χ4v) is 1.78. The molecule has 0 fully saturated rings. The van der Waals surface area contributed by atoms with Gasteiger partial charge in [0.05, 0.1) is 6.04 Å². The van der Waals surface area contributed by atoms with Crippen LogP contribution < -0.4 is 5.32 Å². The van der Waals surface area contributed by atoms with E-state index in [1.54, 1.807) is 20.8 Å². The predicted molar refractivity (Wildman–Crippen MR) is 62.7 cm³/mol. The fourth-order valence-electron chi connectivity index (χ4n) is 1.07. The molecule has 9 heteroatoms. The van der Waals surface area contributed by atoms with Crippen molar-refractivity contribution in [1.82, 2.24) is 15.5 Å². The Balaban J connectivity index is 2.66. The van der Waals surface area contributed by atoms with Gasteiger partial charge in [-0.1, -0.05) is 11.3 Å². The van der Waals surface area contributed by atoms with Gasteiger partial charge < -0.3 is 10.1 Å². The quantitative estimate of drug-likeness (QED) is 0.910. The van der Waals surface area contributed by atoms with Crippen molar-refractivity contribution in [1.29, 1.82) is 0 Å². The number of carbonyl (C=O) groups is 1. The second-order valence-corrected chi connectivity index (χ2v) is 5.82. The highest BCUT2D eigenvalue weighted by Crippen LogP contribution is 2.32. The number of aromatic nitrogens is 2. The molecule has 1 rings (SSSR count). The van der Waals surface area contributed by atoms with Crippen molar-refractivity contribution >= 4 is 17.4 Å². The number of alkyl halides is 3. The van der Waals surface area contributed by atoms with Gasteiger partial charge in [-0.25, -0.2) is 4.79 Å². The molecule has 1 amide bonds. The van der Waals surface area contributed by atoms with E-state index in [0.29, 0.717) is 11.3 Å². The molecule has 0 saturated carbocycles. The summed E-state index contributed by atoms with van der Waals surface area (Å²) in [6, 6.07) is -0.705. The number of alkyl carbamates (subject to hydrolysis) is 1. The normalized spacial score (nSPS) is 14.1. The maximum atomic E-state index is 12.3. The van der Waals surface area contributed by atoms with Crippen molar-refractivity contribution in [3.05, 3.63) is 10.0 Å². The Kier molecular flexibility index (Phi) is 4.39. The summed E-state index contributed by atoms with van der Waals surface area (Å²) >= 11 is 0.390. The van der Waals surface area contributed by atoms with Crippen LogP contribution >= 0.6 is 11.3 Å². The van der Waals surface area contributed by atoms with Crippen LogP contribution in [-0.4, -0.2) is 21.9 Å². The number of nitrogens with one attached hydrogen (secondary N) is 1. The van der Waals surface area contributed by atoms with Crippen LogP contribution in [0.4, 0.5) is 18.0 Å². The van der Waals surface area contributed by atoms with Gasteiger partial charge in [-0.15, -0.1) is 10.2 Å². The molecular weight excluding hydrogens is 283 g/mol. The van der Waals surface area contributed by atoms with Gasteiger partial charge in [0.1, 0.15) is 10.6 Å². The van der Waals surface area contributed by atoms with Crippen molar-refractivity contribution < 1.29 is 22.7 Å². The molecule has 0 bridgehead atoms. The highest BCUT2D eigenvalue weighted by molar-refractivity contribution is 7.11. The largest absolute Gasteiger partial charge is 0.445 e. The van der Waals surface area contributed by atoms with E-state index >= 15 is 0 Å². The first kappa shape index (κ1) is 15.7. The standard InChI is InChI=1S/C10H14F3N3O2S/c1-5(14-8(17)18-9(2,3)4)6-15-16-7(19-6)10(11,12)13/h5H,1-4H3,(H,14,17)/t5-/m1/s1. The number of nitrogens with zero attached hydrogens (tertiary/aromatic N) is 2. The molecule has 108 valence electrons. The van der Waals surface area contributed by atoms with E-state index in [2.05, 4.69) is 15.5 Å². The average Bonchev–Trinajstić information content (AvgIpc) is 2.61. The molecule has 0 radical (unpaired) electrons. The summed E-state index contributed by atoms with van der Waals surface area (Å²) in [5.41, 5.74) is -0.679. The minimum absolute atomic E-state index is 0.0678. The zero-order valence-corrected chi connectivity index (χ0v) is 11.6. The van der Waals surface area contributed by atoms with Crippen molar-refractivity contribution in [3.8, 4) is 0 Å². The molecule has 0 aliphatic rings. The molecule has 1 N–H and O–H groups in total. The number of amides is 1. The fraction of sp³-hybridized carbons (Fsp3) is 0.700. The minimum Gasteiger partial charge on any atom is -0.444 e. The lowest BCUT2D eigenvalue weighted by atomic mass is 10.2. The van der Waals surface area contributed by atoms with E-state index < -0.39 is 28.9 Å². The summed E-state index contributed by atoms with van der Waals surface area (Å²) in [4.78, 5) is 11.4. The Hall–Kier alpha value is -1.38. The molecule has 0 spiro atoms. The first-order valence-corrected chi connectivity index (χ1v) is 6.21. The average molecular weight is 297 g/mol. The van der Waals surface area contributed by atoms with Gasteiger partial charge in [0.15, 0.2) is 0 Å². The summed E-state index contributed by atoms with van der Waals surface area (Å²) in [7, 11) is 0. The highest BCUT2D eigenvalue weighted by Gasteiger charge is 2.36. The Morgan fingerprint density at radius 2 is 1.89 bits per heavy atom. The lowest BCUT2D eigenvalue weighted by Gasteiger charge is -2.21. The molecule has 0 aromatic carbocycles. The van der Waals surface area contributed by atoms with E-state index in [-0.39, 0.29) is 5.01 Å². The topological polar surface area (TPSA) is 64.1 Å². The molecule has 0 aliphatic carbocycles. The Labute approximate surface area is 112 Å². The maximum Gasteiger partial charge on any atom is 0.445 e. The van der Waals surface area contributed by atoms with Crippen LogP contribution in [0, 0.1) is 0 Å². The second kappa shape index (κ2) is 5.32. The van der Waals surface area contributed by atoms with Crippen molar-refractivity contribution in [2.24, 2.45) is 0 Å². The van der Waals surface area contributed by atoms with E-state index in [4.69, 9.17) is 4.74 Å². The molecule has 19 heavy (non-hydrogen) atoms. The molecular formula is C10H14F3N3O2S. The number of hydrogen-bond acceptors (Lipinski definition) is 5. The Morgan fingerprint density at radius 1 is 1.32 bits per heavy atom. The lowest BCUT2D eigenvalue weighted by Crippen LogP contribution is -2.34. The predicted octanol–water partition coefficient (Wildman–Crippen LogP) is 3.14. The van der Waals surface area contributed by atoms with E-state index in [1.165, 1.54) is 6.92 Å². The summed E-state index contributed by atoms with van der Waals surface area (Å²) in [6.07, 6.45) is -5.24.